The van der Waals surface area contributed by atoms with E-state index in [0.29, 0.717) is 18.4 Å². The second-order valence-electron chi connectivity index (χ2n) is 8.63. The van der Waals surface area contributed by atoms with Crippen LogP contribution in [0.5, 0.6) is 11.5 Å². The molecule has 27 heavy (non-hydrogen) atoms. The highest BCUT2D eigenvalue weighted by Crippen LogP contribution is 2.53. The number of benzene rings is 1. The van der Waals surface area contributed by atoms with Crippen molar-refractivity contribution in [3.63, 3.8) is 0 Å². The minimum atomic E-state index is -0.723. The molecule has 4 rings (SSSR count). The SMILES string of the molecule is Cc1c(O)cc2c(c1O)C(=O)C1=C(C2=O)C2CC(C)C(O)CC2C(C)(C)O1. The quantitative estimate of drug-likeness (QED) is 0.647. The van der Waals surface area contributed by atoms with Gasteiger partial charge in [0.05, 0.1) is 11.7 Å². The van der Waals surface area contributed by atoms with Gasteiger partial charge in [0.15, 0.2) is 11.5 Å². The van der Waals surface area contributed by atoms with Crippen molar-refractivity contribution in [3.05, 3.63) is 34.1 Å². The van der Waals surface area contributed by atoms with Crippen molar-refractivity contribution in [3.8, 4) is 11.5 Å². The van der Waals surface area contributed by atoms with Crippen LogP contribution in [0.1, 0.15) is 59.9 Å². The third-order valence-electron chi connectivity index (χ3n) is 6.59. The lowest BCUT2D eigenvalue weighted by Gasteiger charge is -2.50. The number of ether oxygens (including phenoxy) is 1. The van der Waals surface area contributed by atoms with E-state index in [-0.39, 0.29) is 57.5 Å². The Balaban J connectivity index is 1.92. The highest BCUT2D eigenvalue weighted by Gasteiger charge is 2.54. The molecule has 1 saturated carbocycles. The molecule has 6 heteroatoms. The number of rotatable bonds is 0. The molecule has 0 spiro atoms. The Bertz CT molecular complexity index is 910. The van der Waals surface area contributed by atoms with Gasteiger partial charge >= 0.3 is 0 Å². The fourth-order valence-corrected chi connectivity index (χ4v) is 4.89. The van der Waals surface area contributed by atoms with Crippen molar-refractivity contribution in [1.29, 1.82) is 0 Å². The third-order valence-corrected chi connectivity index (χ3v) is 6.59. The topological polar surface area (TPSA) is 104 Å². The molecule has 144 valence electrons. The van der Waals surface area contributed by atoms with Gasteiger partial charge < -0.3 is 20.1 Å². The van der Waals surface area contributed by atoms with E-state index in [9.17, 15) is 24.9 Å². The van der Waals surface area contributed by atoms with Crippen molar-refractivity contribution >= 4 is 11.6 Å². The zero-order chi connectivity index (χ0) is 19.8. The van der Waals surface area contributed by atoms with E-state index < -0.39 is 17.5 Å². The summed E-state index contributed by atoms with van der Waals surface area (Å²) in [6, 6.07) is 1.25. The number of carbonyl (C=O) groups excluding carboxylic acids is 2. The van der Waals surface area contributed by atoms with Gasteiger partial charge in [-0.1, -0.05) is 6.92 Å². The molecule has 4 atom stereocenters. The lowest BCUT2D eigenvalue weighted by Crippen LogP contribution is -2.52. The summed E-state index contributed by atoms with van der Waals surface area (Å²) in [6.45, 7) is 7.16. The Morgan fingerprint density at radius 2 is 1.81 bits per heavy atom. The predicted octanol–water partition coefficient (Wildman–Crippen LogP) is 2.87. The number of ketones is 2. The molecule has 3 aliphatic rings. The van der Waals surface area contributed by atoms with Crippen molar-refractivity contribution in [2.45, 2.75) is 52.2 Å². The fourth-order valence-electron chi connectivity index (χ4n) is 4.89. The van der Waals surface area contributed by atoms with Gasteiger partial charge in [0.25, 0.3) is 0 Å². The molecule has 1 heterocycles. The van der Waals surface area contributed by atoms with Crippen LogP contribution >= 0.6 is 0 Å². The van der Waals surface area contributed by atoms with E-state index in [2.05, 4.69) is 0 Å². The van der Waals surface area contributed by atoms with E-state index in [1.54, 1.807) is 0 Å². The Hall–Kier alpha value is -2.34. The molecule has 0 radical (unpaired) electrons. The first-order valence-corrected chi connectivity index (χ1v) is 9.30. The van der Waals surface area contributed by atoms with E-state index in [4.69, 9.17) is 4.74 Å². The summed E-state index contributed by atoms with van der Waals surface area (Å²) >= 11 is 0. The van der Waals surface area contributed by atoms with Crippen LogP contribution in [0, 0.1) is 24.7 Å². The molecule has 3 N–H and O–H groups in total. The minimum absolute atomic E-state index is 0.00183. The minimum Gasteiger partial charge on any atom is -0.508 e. The molecule has 0 bridgehead atoms. The standard InChI is InChI=1S/C21H24O6/c1-8-5-10-12(7-13(8)22)21(3,4)27-20-16(10)18(25)11-6-14(23)9(2)17(24)15(11)19(20)26/h6,8,10,12-13,22-24H,5,7H2,1-4H3. The number of hydrogen-bond acceptors (Lipinski definition) is 6. The first-order chi connectivity index (χ1) is 12.5. The normalized spacial score (nSPS) is 31.7. The molecule has 4 unspecified atom stereocenters. The van der Waals surface area contributed by atoms with E-state index in [0.717, 1.165) is 0 Å². The monoisotopic (exact) mass is 372 g/mol. The summed E-state index contributed by atoms with van der Waals surface area (Å²) in [7, 11) is 0. The summed E-state index contributed by atoms with van der Waals surface area (Å²) in [5, 5.41) is 30.8. The largest absolute Gasteiger partial charge is 0.508 e. The number of aliphatic hydroxyl groups excluding tert-OH is 1. The Kier molecular flexibility index (Phi) is 3.73. The summed E-state index contributed by atoms with van der Waals surface area (Å²) in [4.78, 5) is 26.5. The van der Waals surface area contributed by atoms with Crippen LogP contribution in [0.2, 0.25) is 0 Å². The number of phenolic OH excluding ortho intramolecular Hbond substituents is 2. The predicted molar refractivity (Wildman–Crippen MR) is 96.7 cm³/mol. The molecular formula is C21H24O6. The number of aliphatic hydroxyl groups is 1. The first kappa shape index (κ1) is 18.0. The van der Waals surface area contributed by atoms with Gasteiger partial charge in [0.2, 0.25) is 5.78 Å². The summed E-state index contributed by atoms with van der Waals surface area (Å²) < 4.78 is 6.02. The number of fused-ring (bicyclic) bond motifs is 3. The summed E-state index contributed by atoms with van der Waals surface area (Å²) in [6.07, 6.45) is 0.595. The van der Waals surface area contributed by atoms with Crippen LogP contribution in [0.4, 0.5) is 0 Å². The molecule has 1 aromatic rings. The maximum Gasteiger partial charge on any atom is 0.232 e. The van der Waals surface area contributed by atoms with Crippen LogP contribution in [-0.4, -0.2) is 38.6 Å². The van der Waals surface area contributed by atoms with Gasteiger partial charge in [0.1, 0.15) is 17.1 Å². The van der Waals surface area contributed by atoms with Gasteiger partial charge in [-0.3, -0.25) is 9.59 Å². The van der Waals surface area contributed by atoms with Crippen LogP contribution in [0.15, 0.2) is 17.4 Å². The van der Waals surface area contributed by atoms with Crippen molar-refractivity contribution in [2.75, 3.05) is 0 Å². The van der Waals surface area contributed by atoms with Gasteiger partial charge in [-0.2, -0.15) is 0 Å². The maximum atomic E-state index is 13.3. The van der Waals surface area contributed by atoms with Gasteiger partial charge in [-0.15, -0.1) is 0 Å². The molecular weight excluding hydrogens is 348 g/mol. The lowest BCUT2D eigenvalue weighted by molar-refractivity contribution is -0.0966. The van der Waals surface area contributed by atoms with Crippen LogP contribution < -0.4 is 0 Å². The van der Waals surface area contributed by atoms with Gasteiger partial charge in [-0.25, -0.2) is 0 Å². The number of aromatic hydroxyl groups is 2. The van der Waals surface area contributed by atoms with Crippen molar-refractivity contribution in [1.82, 2.24) is 0 Å². The molecule has 0 amide bonds. The van der Waals surface area contributed by atoms with Crippen LogP contribution in [-0.2, 0) is 4.74 Å². The maximum absolute atomic E-state index is 13.3. The van der Waals surface area contributed by atoms with Gasteiger partial charge in [-0.05, 0) is 51.5 Å². The number of hydrogen-bond donors (Lipinski definition) is 3. The number of allylic oxidation sites excluding steroid dienone is 2. The Morgan fingerprint density at radius 1 is 1.15 bits per heavy atom. The first-order valence-electron chi connectivity index (χ1n) is 9.30. The van der Waals surface area contributed by atoms with Crippen molar-refractivity contribution in [2.24, 2.45) is 17.8 Å². The zero-order valence-electron chi connectivity index (χ0n) is 15.9. The van der Waals surface area contributed by atoms with Gasteiger partial charge in [0, 0.05) is 22.6 Å². The third kappa shape index (κ3) is 2.35. The zero-order valence-corrected chi connectivity index (χ0v) is 15.9. The van der Waals surface area contributed by atoms with E-state index in [1.165, 1.54) is 13.0 Å². The summed E-state index contributed by atoms with van der Waals surface area (Å²) in [5.41, 5.74) is -0.341. The van der Waals surface area contributed by atoms with E-state index >= 15 is 0 Å². The number of phenols is 2. The summed E-state index contributed by atoms with van der Waals surface area (Å²) in [5.74, 6) is -1.83. The van der Waals surface area contributed by atoms with E-state index in [1.807, 2.05) is 20.8 Å². The molecule has 0 saturated heterocycles. The molecule has 1 fully saturated rings. The average molecular weight is 372 g/mol. The Morgan fingerprint density at radius 3 is 2.48 bits per heavy atom. The highest BCUT2D eigenvalue weighted by atomic mass is 16.5. The lowest BCUT2D eigenvalue weighted by atomic mass is 9.61. The molecule has 1 aromatic carbocycles. The second kappa shape index (κ2) is 5.58. The number of carbonyl (C=O) groups is 2. The number of Topliss-reactive ketones (excluding diaryl/α,β-unsaturated/α-hetero) is 2. The molecule has 0 aromatic heterocycles. The fraction of sp³-hybridized carbons (Fsp3) is 0.524. The highest BCUT2D eigenvalue weighted by molar-refractivity contribution is 6.27. The molecule has 6 nitrogen and oxygen atoms in total. The smallest absolute Gasteiger partial charge is 0.232 e. The Labute approximate surface area is 157 Å². The second-order valence-corrected chi connectivity index (χ2v) is 8.63. The average Bonchev–Trinajstić information content (AvgIpc) is 2.58. The molecule has 1 aliphatic heterocycles. The van der Waals surface area contributed by atoms with Crippen LogP contribution in [0.25, 0.3) is 0 Å². The molecule has 2 aliphatic carbocycles. The van der Waals surface area contributed by atoms with Crippen molar-refractivity contribution < 1.29 is 29.6 Å². The van der Waals surface area contributed by atoms with Crippen LogP contribution in [0.3, 0.4) is 0 Å².